The molecule has 1 aromatic rings. The molecule has 0 spiro atoms. The molecule has 0 radical (unpaired) electrons. The molecular formula is C13H14INO4. The first-order valence-electron chi connectivity index (χ1n) is 5.86. The van der Waals surface area contributed by atoms with E-state index < -0.39 is 5.97 Å². The van der Waals surface area contributed by atoms with Gasteiger partial charge in [0.2, 0.25) is 0 Å². The molecule has 0 aromatic heterocycles. The maximum absolute atomic E-state index is 11.7. The zero-order chi connectivity index (χ0) is 13.7. The molecule has 2 rings (SSSR count). The highest BCUT2D eigenvalue weighted by atomic mass is 127. The van der Waals surface area contributed by atoms with E-state index in [0.717, 1.165) is 9.99 Å². The fraction of sp³-hybridized carbons (Fsp3) is 0.385. The van der Waals surface area contributed by atoms with Crippen LogP contribution in [0, 0.1) is 3.57 Å². The largest absolute Gasteiger partial charge is 0.464 e. The van der Waals surface area contributed by atoms with Crippen LogP contribution in [-0.2, 0) is 19.1 Å². The van der Waals surface area contributed by atoms with Crippen LogP contribution in [0.4, 0.5) is 0 Å². The third-order valence-corrected chi connectivity index (χ3v) is 3.40. The predicted octanol–water partition coefficient (Wildman–Crippen LogP) is 1.97. The number of hydrogen-bond donors (Lipinski definition) is 0. The van der Waals surface area contributed by atoms with E-state index >= 15 is 0 Å². The molecule has 0 aliphatic carbocycles. The summed E-state index contributed by atoms with van der Waals surface area (Å²) < 4.78 is 11.0. The summed E-state index contributed by atoms with van der Waals surface area (Å²) in [5, 5.41) is 3.94. The number of carbonyl (C=O) groups excluding carboxylic acids is 1. The van der Waals surface area contributed by atoms with Gasteiger partial charge in [-0.05, 0) is 34.7 Å². The number of carbonyl (C=O) groups is 1. The maximum Gasteiger partial charge on any atom is 0.360 e. The molecule has 1 fully saturated rings. The van der Waals surface area contributed by atoms with Crippen molar-refractivity contribution in [1.82, 2.24) is 0 Å². The summed E-state index contributed by atoms with van der Waals surface area (Å²) in [5.74, 6) is -0.514. The number of ether oxygens (including phenoxy) is 2. The monoisotopic (exact) mass is 375 g/mol. The molecule has 1 atom stereocenters. The Kier molecular flexibility index (Phi) is 5.15. The van der Waals surface area contributed by atoms with Crippen molar-refractivity contribution in [2.45, 2.75) is 12.5 Å². The van der Waals surface area contributed by atoms with Crippen molar-refractivity contribution in [1.29, 1.82) is 0 Å². The minimum absolute atomic E-state index is 0.0940. The lowest BCUT2D eigenvalue weighted by molar-refractivity contribution is -0.132. The van der Waals surface area contributed by atoms with Gasteiger partial charge in [0.05, 0.1) is 20.3 Å². The van der Waals surface area contributed by atoms with E-state index in [0.29, 0.717) is 18.8 Å². The molecule has 1 saturated heterocycles. The summed E-state index contributed by atoms with van der Waals surface area (Å²) in [6.45, 7) is 1.17. The minimum Gasteiger partial charge on any atom is -0.464 e. The summed E-state index contributed by atoms with van der Waals surface area (Å²) in [6, 6.07) is 7.41. The van der Waals surface area contributed by atoms with Crippen molar-refractivity contribution in [3.05, 3.63) is 33.4 Å². The fourth-order valence-corrected chi connectivity index (χ4v) is 2.00. The number of esters is 1. The normalized spacial score (nSPS) is 19.3. The zero-order valence-corrected chi connectivity index (χ0v) is 12.6. The molecule has 1 aliphatic heterocycles. The minimum atomic E-state index is -0.514. The third kappa shape index (κ3) is 3.90. The Balaban J connectivity index is 2.17. The number of oxime groups is 1. The average Bonchev–Trinajstić information content (AvgIpc) is 2.93. The molecule has 1 heterocycles. The van der Waals surface area contributed by atoms with Crippen LogP contribution < -0.4 is 0 Å². The number of methoxy groups -OCH3 is 1. The van der Waals surface area contributed by atoms with E-state index in [1.807, 2.05) is 24.3 Å². The second-order valence-electron chi connectivity index (χ2n) is 4.03. The molecule has 0 amide bonds. The van der Waals surface area contributed by atoms with Crippen LogP contribution in [0.5, 0.6) is 0 Å². The first kappa shape index (κ1) is 14.3. The first-order chi connectivity index (χ1) is 9.20. The van der Waals surface area contributed by atoms with Gasteiger partial charge in [-0.2, -0.15) is 0 Å². The van der Waals surface area contributed by atoms with Crippen LogP contribution in [0.1, 0.15) is 12.0 Å². The highest BCUT2D eigenvalue weighted by molar-refractivity contribution is 14.1. The van der Waals surface area contributed by atoms with Gasteiger partial charge in [0.1, 0.15) is 0 Å². The Bertz CT molecular complexity index is 466. The number of halogens is 1. The van der Waals surface area contributed by atoms with E-state index in [4.69, 9.17) is 14.3 Å². The quantitative estimate of drug-likeness (QED) is 0.350. The molecule has 19 heavy (non-hydrogen) atoms. The average molecular weight is 375 g/mol. The Morgan fingerprint density at radius 2 is 2.16 bits per heavy atom. The number of hydrogen-bond acceptors (Lipinski definition) is 5. The predicted molar refractivity (Wildman–Crippen MR) is 78.0 cm³/mol. The molecule has 0 saturated carbocycles. The first-order valence-corrected chi connectivity index (χ1v) is 6.94. The van der Waals surface area contributed by atoms with Crippen LogP contribution in [-0.4, -0.2) is 38.1 Å². The summed E-state index contributed by atoms with van der Waals surface area (Å²) in [7, 11) is 1.32. The standard InChI is InChI=1S/C13H14INO4/c1-17-13(16)12(9-2-4-10(14)5-3-9)15-19-11-6-7-18-8-11/h2-5,11H,6-8H2,1H3/b15-12+/t11-/m1/s1. The van der Waals surface area contributed by atoms with Crippen molar-refractivity contribution in [3.63, 3.8) is 0 Å². The lowest BCUT2D eigenvalue weighted by atomic mass is 10.1. The summed E-state index contributed by atoms with van der Waals surface area (Å²) in [6.07, 6.45) is 0.688. The van der Waals surface area contributed by atoms with E-state index in [-0.39, 0.29) is 11.8 Å². The number of benzene rings is 1. The van der Waals surface area contributed by atoms with E-state index in [1.54, 1.807) is 0 Å². The molecule has 6 heteroatoms. The highest BCUT2D eigenvalue weighted by Crippen LogP contribution is 2.12. The summed E-state index contributed by atoms with van der Waals surface area (Å²) in [5.41, 5.74) is 0.844. The SMILES string of the molecule is COC(=O)/C(=N/O[C@@H]1CCOC1)c1ccc(I)cc1. The Hall–Kier alpha value is -1.15. The van der Waals surface area contributed by atoms with Crippen molar-refractivity contribution in [2.24, 2.45) is 5.16 Å². The van der Waals surface area contributed by atoms with Gasteiger partial charge in [0.15, 0.2) is 11.8 Å². The van der Waals surface area contributed by atoms with Gasteiger partial charge >= 0.3 is 5.97 Å². The molecule has 1 aliphatic rings. The van der Waals surface area contributed by atoms with Crippen molar-refractivity contribution in [2.75, 3.05) is 20.3 Å². The molecule has 0 bridgehead atoms. The maximum atomic E-state index is 11.7. The molecule has 0 N–H and O–H groups in total. The van der Waals surface area contributed by atoms with Crippen LogP contribution in [0.15, 0.2) is 29.4 Å². The van der Waals surface area contributed by atoms with Gasteiger partial charge in [0, 0.05) is 15.6 Å². The van der Waals surface area contributed by atoms with E-state index in [9.17, 15) is 4.79 Å². The molecule has 102 valence electrons. The third-order valence-electron chi connectivity index (χ3n) is 2.68. The van der Waals surface area contributed by atoms with Crippen LogP contribution in [0.25, 0.3) is 0 Å². The van der Waals surface area contributed by atoms with Gasteiger partial charge < -0.3 is 14.3 Å². The van der Waals surface area contributed by atoms with Crippen LogP contribution in [0.3, 0.4) is 0 Å². The second kappa shape index (κ2) is 6.85. The number of nitrogens with zero attached hydrogens (tertiary/aromatic N) is 1. The van der Waals surface area contributed by atoms with Gasteiger partial charge in [-0.15, -0.1) is 0 Å². The van der Waals surface area contributed by atoms with Gasteiger partial charge in [-0.1, -0.05) is 17.3 Å². The molecule has 1 aromatic carbocycles. The summed E-state index contributed by atoms with van der Waals surface area (Å²) in [4.78, 5) is 17.1. The summed E-state index contributed by atoms with van der Waals surface area (Å²) >= 11 is 2.19. The van der Waals surface area contributed by atoms with Gasteiger partial charge in [0.25, 0.3) is 0 Å². The highest BCUT2D eigenvalue weighted by Gasteiger charge is 2.20. The molecular weight excluding hydrogens is 361 g/mol. The van der Waals surface area contributed by atoms with E-state index in [1.165, 1.54) is 7.11 Å². The van der Waals surface area contributed by atoms with Crippen molar-refractivity contribution >= 4 is 34.3 Å². The van der Waals surface area contributed by atoms with E-state index in [2.05, 4.69) is 27.7 Å². The molecule has 5 nitrogen and oxygen atoms in total. The smallest absolute Gasteiger partial charge is 0.360 e. The van der Waals surface area contributed by atoms with Gasteiger partial charge in [-0.25, -0.2) is 4.79 Å². The topological polar surface area (TPSA) is 57.1 Å². The Labute approximate surface area is 125 Å². The lowest BCUT2D eigenvalue weighted by Crippen LogP contribution is -2.19. The van der Waals surface area contributed by atoms with Crippen molar-refractivity contribution in [3.8, 4) is 0 Å². The van der Waals surface area contributed by atoms with Crippen LogP contribution >= 0.6 is 22.6 Å². The zero-order valence-electron chi connectivity index (χ0n) is 10.5. The second-order valence-corrected chi connectivity index (χ2v) is 5.28. The Morgan fingerprint density at radius 3 is 2.74 bits per heavy atom. The lowest BCUT2D eigenvalue weighted by Gasteiger charge is -2.08. The molecule has 0 unspecified atom stereocenters. The van der Waals surface area contributed by atoms with Crippen LogP contribution in [0.2, 0.25) is 0 Å². The number of rotatable bonds is 4. The van der Waals surface area contributed by atoms with Crippen molar-refractivity contribution < 1.29 is 19.1 Å². The van der Waals surface area contributed by atoms with Gasteiger partial charge in [-0.3, -0.25) is 0 Å². The fourth-order valence-electron chi connectivity index (χ4n) is 1.64. The Morgan fingerprint density at radius 1 is 1.42 bits per heavy atom.